The molecule has 1 aliphatic heterocycles. The summed E-state index contributed by atoms with van der Waals surface area (Å²) in [5, 5.41) is 2.91. The predicted octanol–water partition coefficient (Wildman–Crippen LogP) is 4.16. The lowest BCUT2D eigenvalue weighted by atomic mass is 9.88. The Labute approximate surface area is 165 Å². The topological polar surface area (TPSA) is 64.6 Å². The summed E-state index contributed by atoms with van der Waals surface area (Å²) in [5.41, 5.74) is 1.52. The van der Waals surface area contributed by atoms with E-state index in [0.717, 1.165) is 24.0 Å². The second-order valence-corrected chi connectivity index (χ2v) is 7.53. The lowest BCUT2D eigenvalue weighted by molar-refractivity contribution is -0.149. The summed E-state index contributed by atoms with van der Waals surface area (Å²) in [6.07, 6.45) is 6.08. The van der Waals surface area contributed by atoms with Gasteiger partial charge in [0.2, 0.25) is 0 Å². The number of hydrogen-bond acceptors (Lipinski definition) is 4. The van der Waals surface area contributed by atoms with Gasteiger partial charge in [0.15, 0.2) is 6.61 Å². The quantitative estimate of drug-likeness (QED) is 0.792. The predicted molar refractivity (Wildman–Crippen MR) is 105 cm³/mol. The monoisotopic (exact) mass is 379 g/mol. The van der Waals surface area contributed by atoms with E-state index in [4.69, 9.17) is 9.47 Å². The highest BCUT2D eigenvalue weighted by atomic mass is 16.5. The van der Waals surface area contributed by atoms with Crippen LogP contribution in [-0.4, -0.2) is 25.0 Å². The number of carbonyl (C=O) groups is 2. The van der Waals surface area contributed by atoms with Gasteiger partial charge in [-0.15, -0.1) is 0 Å². The fraction of sp³-hybridized carbons (Fsp3) is 0.391. The molecule has 1 heterocycles. The van der Waals surface area contributed by atoms with Crippen molar-refractivity contribution in [2.24, 2.45) is 5.92 Å². The van der Waals surface area contributed by atoms with Crippen LogP contribution in [0.3, 0.4) is 0 Å². The zero-order chi connectivity index (χ0) is 19.3. The van der Waals surface area contributed by atoms with E-state index in [1.54, 1.807) is 0 Å². The number of fused-ring (bicyclic) bond motifs is 2. The van der Waals surface area contributed by atoms with Crippen LogP contribution in [-0.2, 0) is 14.3 Å². The van der Waals surface area contributed by atoms with Crippen molar-refractivity contribution in [1.82, 2.24) is 5.32 Å². The summed E-state index contributed by atoms with van der Waals surface area (Å²) < 4.78 is 11.3. The zero-order valence-electron chi connectivity index (χ0n) is 15.9. The standard InChI is InChI=1S/C23H25NO4/c25-21(24-14-16-8-2-1-3-9-16)15-27-23(26)22-17-10-4-6-12-19(17)28-20-13-7-5-11-18(20)22/h4-7,10-13,16,22H,1-3,8-9,14-15H2,(H,24,25). The first kappa shape index (κ1) is 18.5. The minimum atomic E-state index is -0.590. The normalized spacial score (nSPS) is 16.4. The van der Waals surface area contributed by atoms with Gasteiger partial charge < -0.3 is 14.8 Å². The van der Waals surface area contributed by atoms with Gasteiger partial charge in [0.05, 0.1) is 0 Å². The van der Waals surface area contributed by atoms with Gasteiger partial charge in [0, 0.05) is 17.7 Å². The number of ether oxygens (including phenoxy) is 2. The lowest BCUT2D eigenvalue weighted by Crippen LogP contribution is -2.34. The van der Waals surface area contributed by atoms with Crippen molar-refractivity contribution in [2.45, 2.75) is 38.0 Å². The summed E-state index contributed by atoms with van der Waals surface area (Å²) in [5.74, 6) is 0.563. The van der Waals surface area contributed by atoms with E-state index < -0.39 is 11.9 Å². The van der Waals surface area contributed by atoms with E-state index in [1.165, 1.54) is 19.3 Å². The van der Waals surface area contributed by atoms with Crippen molar-refractivity contribution in [3.05, 3.63) is 59.7 Å². The molecule has 4 rings (SSSR count). The van der Waals surface area contributed by atoms with Crippen LogP contribution in [0.25, 0.3) is 0 Å². The summed E-state index contributed by atoms with van der Waals surface area (Å²) in [4.78, 5) is 25.0. The van der Waals surface area contributed by atoms with Gasteiger partial charge in [-0.05, 0) is 30.9 Å². The van der Waals surface area contributed by atoms with Gasteiger partial charge in [0.25, 0.3) is 5.91 Å². The number of benzene rings is 2. The Balaban J connectivity index is 1.40. The maximum absolute atomic E-state index is 12.9. The SMILES string of the molecule is O=C(COC(=O)C1c2ccccc2Oc2ccccc21)NCC1CCCCC1. The summed E-state index contributed by atoms with van der Waals surface area (Å²) in [7, 11) is 0. The molecular weight excluding hydrogens is 354 g/mol. The molecule has 0 saturated heterocycles. The Morgan fingerprint density at radius 2 is 1.54 bits per heavy atom. The largest absolute Gasteiger partial charge is 0.457 e. The number of para-hydroxylation sites is 2. The second-order valence-electron chi connectivity index (χ2n) is 7.53. The number of rotatable bonds is 5. The summed E-state index contributed by atoms with van der Waals surface area (Å²) >= 11 is 0. The maximum atomic E-state index is 12.9. The smallest absolute Gasteiger partial charge is 0.318 e. The number of nitrogens with one attached hydrogen (secondary N) is 1. The lowest BCUT2D eigenvalue weighted by Gasteiger charge is -2.26. The van der Waals surface area contributed by atoms with Crippen LogP contribution in [0, 0.1) is 5.92 Å². The average molecular weight is 379 g/mol. The molecule has 28 heavy (non-hydrogen) atoms. The molecular formula is C23H25NO4. The first-order valence-corrected chi connectivity index (χ1v) is 10.0. The van der Waals surface area contributed by atoms with Crippen LogP contribution in [0.15, 0.2) is 48.5 Å². The Kier molecular flexibility index (Phi) is 5.60. The van der Waals surface area contributed by atoms with Crippen LogP contribution < -0.4 is 10.1 Å². The highest BCUT2D eigenvalue weighted by Crippen LogP contribution is 2.44. The van der Waals surface area contributed by atoms with Crippen LogP contribution >= 0.6 is 0 Å². The van der Waals surface area contributed by atoms with E-state index in [0.29, 0.717) is 24.0 Å². The van der Waals surface area contributed by atoms with E-state index in [9.17, 15) is 9.59 Å². The molecule has 0 atom stereocenters. The van der Waals surface area contributed by atoms with Gasteiger partial charge in [-0.25, -0.2) is 0 Å². The molecule has 5 nitrogen and oxygen atoms in total. The third-order valence-electron chi connectivity index (χ3n) is 5.57. The first-order valence-electron chi connectivity index (χ1n) is 10.0. The number of carbonyl (C=O) groups excluding carboxylic acids is 2. The van der Waals surface area contributed by atoms with Gasteiger partial charge in [-0.3, -0.25) is 9.59 Å². The van der Waals surface area contributed by atoms with E-state index >= 15 is 0 Å². The van der Waals surface area contributed by atoms with E-state index in [1.807, 2.05) is 48.5 Å². The summed E-state index contributed by atoms with van der Waals surface area (Å²) in [6, 6.07) is 14.9. The molecule has 1 fully saturated rings. The van der Waals surface area contributed by atoms with Crippen molar-refractivity contribution in [3.8, 4) is 11.5 Å². The molecule has 1 N–H and O–H groups in total. The molecule has 2 aromatic carbocycles. The molecule has 0 aromatic heterocycles. The minimum absolute atomic E-state index is 0.243. The second kappa shape index (κ2) is 8.46. The summed E-state index contributed by atoms with van der Waals surface area (Å²) in [6.45, 7) is 0.409. The van der Waals surface area contributed by atoms with Crippen molar-refractivity contribution in [1.29, 1.82) is 0 Å². The van der Waals surface area contributed by atoms with Gasteiger partial charge >= 0.3 is 5.97 Å². The molecule has 5 heteroatoms. The van der Waals surface area contributed by atoms with Crippen molar-refractivity contribution in [3.63, 3.8) is 0 Å². The fourth-order valence-corrected chi connectivity index (χ4v) is 4.08. The van der Waals surface area contributed by atoms with E-state index in [-0.39, 0.29) is 12.5 Å². The van der Waals surface area contributed by atoms with Crippen LogP contribution in [0.1, 0.15) is 49.1 Å². The molecule has 1 amide bonds. The Hall–Kier alpha value is -2.82. The van der Waals surface area contributed by atoms with Crippen molar-refractivity contribution >= 4 is 11.9 Å². The Morgan fingerprint density at radius 1 is 0.929 bits per heavy atom. The molecule has 0 spiro atoms. The number of esters is 1. The van der Waals surface area contributed by atoms with Crippen LogP contribution in [0.4, 0.5) is 0 Å². The fourth-order valence-electron chi connectivity index (χ4n) is 4.08. The minimum Gasteiger partial charge on any atom is -0.457 e. The molecule has 0 unspecified atom stereocenters. The average Bonchev–Trinajstić information content (AvgIpc) is 2.75. The Morgan fingerprint density at radius 3 is 2.18 bits per heavy atom. The highest BCUT2D eigenvalue weighted by molar-refractivity contribution is 5.87. The van der Waals surface area contributed by atoms with Gasteiger partial charge in [0.1, 0.15) is 17.4 Å². The molecule has 0 bridgehead atoms. The van der Waals surface area contributed by atoms with Gasteiger partial charge in [-0.2, -0.15) is 0 Å². The number of amides is 1. The molecule has 1 aliphatic carbocycles. The molecule has 146 valence electrons. The Bertz CT molecular complexity index is 812. The van der Waals surface area contributed by atoms with Crippen LogP contribution in [0.5, 0.6) is 11.5 Å². The molecule has 2 aromatic rings. The highest BCUT2D eigenvalue weighted by Gasteiger charge is 2.33. The van der Waals surface area contributed by atoms with Crippen molar-refractivity contribution < 1.29 is 19.1 Å². The molecule has 2 aliphatic rings. The molecule has 1 saturated carbocycles. The first-order chi connectivity index (χ1) is 13.7. The third-order valence-corrected chi connectivity index (χ3v) is 5.57. The van der Waals surface area contributed by atoms with Crippen LogP contribution in [0.2, 0.25) is 0 Å². The van der Waals surface area contributed by atoms with Gasteiger partial charge in [-0.1, -0.05) is 55.7 Å². The van der Waals surface area contributed by atoms with E-state index in [2.05, 4.69) is 5.32 Å². The molecule has 0 radical (unpaired) electrons. The maximum Gasteiger partial charge on any atom is 0.318 e. The van der Waals surface area contributed by atoms with Crippen molar-refractivity contribution in [2.75, 3.05) is 13.2 Å². The number of hydrogen-bond donors (Lipinski definition) is 1. The third kappa shape index (κ3) is 4.03. The zero-order valence-corrected chi connectivity index (χ0v) is 15.9.